The number of nitrogens with zero attached hydrogens (tertiary/aromatic N) is 1. The Bertz CT molecular complexity index is 634. The molecule has 24 heavy (non-hydrogen) atoms. The van der Waals surface area contributed by atoms with Crippen LogP contribution in [0.25, 0.3) is 0 Å². The Morgan fingerprint density at radius 1 is 1.21 bits per heavy atom. The van der Waals surface area contributed by atoms with E-state index in [4.69, 9.17) is 9.47 Å². The van der Waals surface area contributed by atoms with Crippen LogP contribution in [0.15, 0.2) is 12.1 Å². The van der Waals surface area contributed by atoms with Crippen LogP contribution in [0.5, 0.6) is 5.75 Å². The summed E-state index contributed by atoms with van der Waals surface area (Å²) in [6.07, 6.45) is 2.41. The van der Waals surface area contributed by atoms with E-state index in [-0.39, 0.29) is 23.5 Å². The fourth-order valence-electron chi connectivity index (χ4n) is 2.32. The maximum absolute atomic E-state index is 9.55. The lowest BCUT2D eigenvalue weighted by Crippen LogP contribution is -2.39. The third-order valence-electron chi connectivity index (χ3n) is 5.31. The van der Waals surface area contributed by atoms with Crippen molar-refractivity contribution in [2.45, 2.75) is 59.7 Å². The first-order chi connectivity index (χ1) is 11.2. The molecule has 0 amide bonds. The SMILES string of the molecule is COC1CC(Oc2ccc(C#CC(C)(C)C(C)(C)CO)nc2C)C1. The first-order valence-electron chi connectivity index (χ1n) is 8.49. The van der Waals surface area contributed by atoms with Crippen LogP contribution in [0, 0.1) is 29.6 Å². The van der Waals surface area contributed by atoms with E-state index in [1.165, 1.54) is 0 Å². The Labute approximate surface area is 145 Å². The molecule has 2 rings (SSSR count). The lowest BCUT2D eigenvalue weighted by atomic mass is 9.69. The van der Waals surface area contributed by atoms with Gasteiger partial charge in [-0.1, -0.05) is 19.8 Å². The molecule has 0 aliphatic heterocycles. The van der Waals surface area contributed by atoms with Crippen molar-refractivity contribution in [1.29, 1.82) is 0 Å². The zero-order valence-electron chi connectivity index (χ0n) is 15.6. The van der Waals surface area contributed by atoms with E-state index < -0.39 is 0 Å². The molecule has 1 aliphatic carbocycles. The van der Waals surface area contributed by atoms with Gasteiger partial charge in [0.05, 0.1) is 11.8 Å². The summed E-state index contributed by atoms with van der Waals surface area (Å²) in [6, 6.07) is 3.83. The number of ether oxygens (including phenoxy) is 2. The van der Waals surface area contributed by atoms with E-state index in [1.54, 1.807) is 7.11 Å². The minimum atomic E-state index is -0.312. The molecule has 0 bridgehead atoms. The van der Waals surface area contributed by atoms with Crippen molar-refractivity contribution < 1.29 is 14.6 Å². The summed E-state index contributed by atoms with van der Waals surface area (Å²) in [5.41, 5.74) is 0.986. The first-order valence-corrected chi connectivity index (χ1v) is 8.49. The maximum atomic E-state index is 9.55. The summed E-state index contributed by atoms with van der Waals surface area (Å²) >= 11 is 0. The van der Waals surface area contributed by atoms with Crippen LogP contribution in [-0.2, 0) is 4.74 Å². The van der Waals surface area contributed by atoms with Crippen molar-refractivity contribution >= 4 is 0 Å². The second-order valence-electron chi connectivity index (χ2n) is 7.77. The number of aromatic nitrogens is 1. The number of hydrogen-bond donors (Lipinski definition) is 1. The van der Waals surface area contributed by atoms with Crippen LogP contribution in [0.2, 0.25) is 0 Å². The van der Waals surface area contributed by atoms with Crippen molar-refractivity contribution in [3.63, 3.8) is 0 Å². The molecule has 132 valence electrons. The third kappa shape index (κ3) is 4.09. The molecule has 0 atom stereocenters. The Kier molecular flexibility index (Phi) is 5.57. The topological polar surface area (TPSA) is 51.6 Å². The molecule has 0 saturated heterocycles. The smallest absolute Gasteiger partial charge is 0.141 e. The quantitative estimate of drug-likeness (QED) is 0.841. The number of hydrogen-bond acceptors (Lipinski definition) is 4. The summed E-state index contributed by atoms with van der Waals surface area (Å²) in [4.78, 5) is 4.54. The zero-order chi connectivity index (χ0) is 18.0. The molecule has 1 aliphatic rings. The molecular formula is C20H29NO3. The molecule has 1 saturated carbocycles. The van der Waals surface area contributed by atoms with E-state index in [0.29, 0.717) is 6.10 Å². The van der Waals surface area contributed by atoms with Gasteiger partial charge in [-0.05, 0) is 38.8 Å². The Morgan fingerprint density at radius 2 is 1.88 bits per heavy atom. The predicted molar refractivity (Wildman–Crippen MR) is 94.9 cm³/mol. The highest BCUT2D eigenvalue weighted by atomic mass is 16.5. The number of aliphatic hydroxyl groups is 1. The van der Waals surface area contributed by atoms with Crippen LogP contribution >= 0.6 is 0 Å². The van der Waals surface area contributed by atoms with Crippen LogP contribution < -0.4 is 4.74 Å². The van der Waals surface area contributed by atoms with Gasteiger partial charge < -0.3 is 14.6 Å². The maximum Gasteiger partial charge on any atom is 0.141 e. The average molecular weight is 331 g/mol. The molecule has 4 nitrogen and oxygen atoms in total. The summed E-state index contributed by atoms with van der Waals surface area (Å²) in [5.74, 6) is 7.22. The van der Waals surface area contributed by atoms with Crippen molar-refractivity contribution in [1.82, 2.24) is 4.98 Å². The second kappa shape index (κ2) is 7.13. The highest BCUT2D eigenvalue weighted by Gasteiger charge is 2.35. The number of methoxy groups -OCH3 is 1. The van der Waals surface area contributed by atoms with E-state index in [9.17, 15) is 5.11 Å². The lowest BCUT2D eigenvalue weighted by Gasteiger charge is -2.35. The van der Waals surface area contributed by atoms with Crippen LogP contribution in [0.1, 0.15) is 51.9 Å². The summed E-state index contributed by atoms with van der Waals surface area (Å²) in [6.45, 7) is 10.2. The van der Waals surface area contributed by atoms with Crippen LogP contribution in [0.3, 0.4) is 0 Å². The van der Waals surface area contributed by atoms with Crippen molar-refractivity contribution in [2.24, 2.45) is 10.8 Å². The van der Waals surface area contributed by atoms with Crippen molar-refractivity contribution in [3.8, 4) is 17.6 Å². The summed E-state index contributed by atoms with van der Waals surface area (Å²) in [5, 5.41) is 9.55. The molecule has 0 aromatic carbocycles. The fraction of sp³-hybridized carbons (Fsp3) is 0.650. The van der Waals surface area contributed by atoms with Crippen LogP contribution in [0.4, 0.5) is 0 Å². The van der Waals surface area contributed by atoms with Gasteiger partial charge in [0.2, 0.25) is 0 Å². The van der Waals surface area contributed by atoms with Gasteiger partial charge in [-0.2, -0.15) is 0 Å². The largest absolute Gasteiger partial charge is 0.488 e. The number of aliphatic hydroxyl groups excluding tert-OH is 1. The van der Waals surface area contributed by atoms with Gasteiger partial charge in [0, 0.05) is 37.4 Å². The van der Waals surface area contributed by atoms with E-state index in [1.807, 2.05) is 46.8 Å². The Balaban J connectivity index is 2.07. The predicted octanol–water partition coefficient (Wildman–Crippen LogP) is 3.34. The van der Waals surface area contributed by atoms with Gasteiger partial charge in [0.1, 0.15) is 17.5 Å². The van der Waals surface area contributed by atoms with E-state index >= 15 is 0 Å². The first kappa shape index (κ1) is 18.8. The lowest BCUT2D eigenvalue weighted by molar-refractivity contribution is -0.0384. The summed E-state index contributed by atoms with van der Waals surface area (Å²) < 4.78 is 11.2. The third-order valence-corrected chi connectivity index (χ3v) is 5.31. The van der Waals surface area contributed by atoms with E-state index in [0.717, 1.165) is 30.0 Å². The Hall–Kier alpha value is -1.57. The van der Waals surface area contributed by atoms with Gasteiger partial charge in [-0.3, -0.25) is 0 Å². The molecule has 0 radical (unpaired) electrons. The monoisotopic (exact) mass is 331 g/mol. The number of rotatable bonds is 5. The van der Waals surface area contributed by atoms with Gasteiger partial charge >= 0.3 is 0 Å². The summed E-state index contributed by atoms with van der Waals surface area (Å²) in [7, 11) is 1.74. The molecule has 1 fully saturated rings. The normalized spacial score (nSPS) is 20.8. The number of pyridine rings is 1. The Morgan fingerprint density at radius 3 is 2.42 bits per heavy atom. The zero-order valence-corrected chi connectivity index (χ0v) is 15.6. The highest BCUT2D eigenvalue weighted by Crippen LogP contribution is 2.37. The van der Waals surface area contributed by atoms with Gasteiger partial charge in [0.15, 0.2) is 0 Å². The fourth-order valence-corrected chi connectivity index (χ4v) is 2.32. The minimum Gasteiger partial charge on any atom is -0.488 e. The minimum absolute atomic E-state index is 0.0950. The average Bonchev–Trinajstić information content (AvgIpc) is 2.49. The van der Waals surface area contributed by atoms with Crippen molar-refractivity contribution in [3.05, 3.63) is 23.5 Å². The van der Waals surface area contributed by atoms with Crippen molar-refractivity contribution in [2.75, 3.05) is 13.7 Å². The highest BCUT2D eigenvalue weighted by molar-refractivity contribution is 5.37. The number of aryl methyl sites for hydroxylation is 1. The van der Waals surface area contributed by atoms with Gasteiger partial charge in [-0.25, -0.2) is 4.98 Å². The molecule has 1 heterocycles. The van der Waals surface area contributed by atoms with Gasteiger partial charge in [0.25, 0.3) is 0 Å². The molecule has 1 N–H and O–H groups in total. The van der Waals surface area contributed by atoms with Gasteiger partial charge in [-0.15, -0.1) is 0 Å². The van der Waals surface area contributed by atoms with Crippen LogP contribution in [-0.4, -0.2) is 36.0 Å². The standard InChI is InChI=1S/C20H29NO3/c1-14-18(24-17-11-16(12-17)23-6)8-7-15(21-14)9-10-19(2,3)20(4,5)13-22/h7-8,16-17,22H,11-13H2,1-6H3. The van der Waals surface area contributed by atoms with E-state index in [2.05, 4.69) is 16.8 Å². The molecule has 1 aromatic rings. The molecular weight excluding hydrogens is 302 g/mol. The molecule has 1 aromatic heterocycles. The molecule has 4 heteroatoms. The molecule has 0 unspecified atom stereocenters. The molecule has 0 spiro atoms. The second-order valence-corrected chi connectivity index (χ2v) is 7.77.